The third-order valence-corrected chi connectivity index (χ3v) is 23.7. The van der Waals surface area contributed by atoms with Gasteiger partial charge in [0.05, 0.1) is 74.4 Å². The third-order valence-electron chi connectivity index (χ3n) is 23.7. The third kappa shape index (κ3) is 14.5. The standard InChI is InChI=1S/C35H30N2.2C28H25N.C26H29N/c1-23-13-12-16-25(21-23)37-31-20-11-9-18-27(31)29-22-28-26-17-8-10-19-30(26)36(24-14-6-5-7-15-24)33(28)32(34(29)37)35(2,3)4;2*1-28(2,3)25-14-9-13-24-23-12-7-8-15-26(23)29(27(24)25)22-18-16-21(17-19-22)20-10-5-4-6-11-20;1-25(2,3)18-14-16-19(17-15-18)27-23-13-8-7-10-20(23)21-11-9-12-22(24(21)27)26(4,5)6/h5-22H,1-4H3;2*4-19H,1-3H3;7-17H,1-6H3/i5D,6D,7D,12D,13D,14D,15D,16D,21D;4D,5D,6D,10D,11D;;. The molecule has 0 aliphatic rings. The molecule has 0 bridgehead atoms. The molecule has 0 N–H and O–H groups in total. The zero-order valence-corrected chi connectivity index (χ0v) is 72.4. The Morgan fingerprint density at radius 2 is 0.516 bits per heavy atom. The molecule has 0 saturated heterocycles. The predicted octanol–water partition coefficient (Wildman–Crippen LogP) is 32.4. The van der Waals surface area contributed by atoms with Gasteiger partial charge in [0.15, 0.2) is 0 Å². The monoisotopic (exact) mass is 1600 g/mol. The van der Waals surface area contributed by atoms with E-state index in [2.05, 4.69) is 297 Å². The van der Waals surface area contributed by atoms with Gasteiger partial charge in [0.2, 0.25) is 0 Å². The summed E-state index contributed by atoms with van der Waals surface area (Å²) < 4.78 is 129. The van der Waals surface area contributed by atoms with Crippen LogP contribution in [0.15, 0.2) is 370 Å². The minimum atomic E-state index is -0.609. The maximum atomic E-state index is 9.12. The lowest BCUT2D eigenvalue weighted by Gasteiger charge is -2.25. The van der Waals surface area contributed by atoms with Crippen molar-refractivity contribution in [2.75, 3.05) is 0 Å². The first-order chi connectivity index (χ1) is 64.5. The fraction of sp³-hybridized carbons (Fsp3) is 0.179. The zero-order chi connectivity index (χ0) is 96.9. The molecule has 602 valence electrons. The zero-order valence-electron chi connectivity index (χ0n) is 86.4. The summed E-state index contributed by atoms with van der Waals surface area (Å²) in [4.78, 5) is 0. The summed E-state index contributed by atoms with van der Waals surface area (Å²) in [5, 5.41) is 11.1. The van der Waals surface area contributed by atoms with Crippen molar-refractivity contribution in [2.45, 2.75) is 138 Å². The molecule has 0 unspecified atom stereocenters. The molecule has 122 heavy (non-hydrogen) atoms. The largest absolute Gasteiger partial charge is 0.309 e. The van der Waals surface area contributed by atoms with Crippen LogP contribution in [0.25, 0.3) is 160 Å². The van der Waals surface area contributed by atoms with Crippen LogP contribution in [0.4, 0.5) is 0 Å². The van der Waals surface area contributed by atoms with E-state index >= 15 is 0 Å². The first-order valence-electron chi connectivity index (χ1n) is 49.2. The number of fused-ring (bicyclic) bond motifs is 15. The molecule has 16 aromatic carbocycles. The number of aromatic nitrogens is 5. The van der Waals surface area contributed by atoms with Gasteiger partial charge in [-0.05, 0) is 181 Å². The van der Waals surface area contributed by atoms with Crippen LogP contribution in [0.1, 0.15) is 156 Å². The molecule has 0 aliphatic heterocycles. The Morgan fingerprint density at radius 1 is 0.213 bits per heavy atom. The number of hydrogen-bond acceptors (Lipinski definition) is 0. The van der Waals surface area contributed by atoms with Gasteiger partial charge in [-0.25, -0.2) is 0 Å². The Hall–Kier alpha value is -13.5. The van der Waals surface area contributed by atoms with Crippen LogP contribution in [-0.4, -0.2) is 22.8 Å². The van der Waals surface area contributed by atoms with Crippen molar-refractivity contribution in [2.24, 2.45) is 0 Å². The molecule has 5 aromatic heterocycles. The molecule has 5 heterocycles. The number of benzene rings is 16. The molecule has 0 aliphatic carbocycles. The van der Waals surface area contributed by atoms with Crippen molar-refractivity contribution < 1.29 is 19.2 Å². The van der Waals surface area contributed by atoms with Crippen LogP contribution in [-0.2, 0) is 27.1 Å². The van der Waals surface area contributed by atoms with Gasteiger partial charge in [-0.3, -0.25) is 0 Å². The molecule has 0 radical (unpaired) electrons. The van der Waals surface area contributed by atoms with Crippen LogP contribution in [0, 0.1) is 6.92 Å². The van der Waals surface area contributed by atoms with E-state index < -0.39 is 23.5 Å². The average molecular weight is 1600 g/mol. The summed E-state index contributed by atoms with van der Waals surface area (Å²) in [5.41, 5.74) is 23.2. The topological polar surface area (TPSA) is 24.6 Å². The van der Waals surface area contributed by atoms with E-state index in [0.29, 0.717) is 27.7 Å². The van der Waals surface area contributed by atoms with E-state index in [4.69, 9.17) is 19.2 Å². The molecular formula is C117H109N5. The van der Waals surface area contributed by atoms with E-state index in [1.807, 2.05) is 110 Å². The van der Waals surface area contributed by atoms with E-state index in [9.17, 15) is 0 Å². The fourth-order valence-electron chi connectivity index (χ4n) is 18.0. The van der Waals surface area contributed by atoms with Crippen molar-refractivity contribution in [1.29, 1.82) is 0 Å². The molecule has 0 spiro atoms. The SMILES string of the molecule is CC(C)(C)c1ccc(-n2c3ccccc3c3cccc(C(C)(C)C)c32)cc1.CC(C)(C)c1cccc2c3ccccc3n(-c3ccc(-c4ccccc4)cc3)c12.[2H]c1c([2H])c([2H])c(-c2ccc(-n3c4ccccc4c4cccc(C(C)(C)C)c43)cc2)c([2H])c1[2H].[2H]c1c([2H])c([2H])c(-n2c3ccccc3c3cc4c5ccccc5n(-c5c([2H])c([2H])c([2H])c(C)c5[2H])c4c(C(C)(C)C)c32)c([2H])c1[2H]. The van der Waals surface area contributed by atoms with Crippen LogP contribution < -0.4 is 0 Å². The highest BCUT2D eigenvalue weighted by Gasteiger charge is 2.31. The Morgan fingerprint density at radius 3 is 0.885 bits per heavy atom. The maximum absolute atomic E-state index is 9.12. The van der Waals surface area contributed by atoms with Gasteiger partial charge >= 0.3 is 0 Å². The number of para-hydroxylation sites is 9. The number of rotatable bonds is 7. The number of hydrogen-bond donors (Lipinski definition) is 0. The van der Waals surface area contributed by atoms with Gasteiger partial charge in [-0.2, -0.15) is 0 Å². The summed E-state index contributed by atoms with van der Waals surface area (Å²) in [6.45, 7) is 35.0. The predicted molar refractivity (Wildman–Crippen MR) is 527 cm³/mol. The highest BCUT2D eigenvalue weighted by atomic mass is 15.0. The number of nitrogens with zero attached hydrogens (tertiary/aromatic N) is 5. The highest BCUT2D eigenvalue weighted by molar-refractivity contribution is 6.22. The first-order valence-corrected chi connectivity index (χ1v) is 42.2. The smallest absolute Gasteiger partial charge is 0.0648 e. The van der Waals surface area contributed by atoms with Crippen molar-refractivity contribution in [3.63, 3.8) is 0 Å². The fourth-order valence-corrected chi connectivity index (χ4v) is 18.0. The van der Waals surface area contributed by atoms with Crippen LogP contribution in [0.3, 0.4) is 0 Å². The molecular weight excluding hydrogens is 1480 g/mol. The lowest BCUT2D eigenvalue weighted by molar-refractivity contribution is 0.590. The second-order valence-electron chi connectivity index (χ2n) is 37.1. The van der Waals surface area contributed by atoms with Crippen molar-refractivity contribution in [3.05, 3.63) is 403 Å². The molecule has 5 nitrogen and oxygen atoms in total. The molecule has 21 aromatic rings. The van der Waals surface area contributed by atoms with Crippen molar-refractivity contribution in [1.82, 2.24) is 22.8 Å². The highest BCUT2D eigenvalue weighted by Crippen LogP contribution is 2.48. The van der Waals surface area contributed by atoms with Crippen molar-refractivity contribution >= 4 is 109 Å². The van der Waals surface area contributed by atoms with Gasteiger partial charge in [0.25, 0.3) is 0 Å². The lowest BCUT2D eigenvalue weighted by Crippen LogP contribution is -2.15. The quantitative estimate of drug-likeness (QED) is 0.152. The summed E-state index contributed by atoms with van der Waals surface area (Å²) >= 11 is 0. The van der Waals surface area contributed by atoms with Crippen LogP contribution in [0.5, 0.6) is 0 Å². The van der Waals surface area contributed by atoms with Gasteiger partial charge in [0, 0.05) is 87.9 Å². The molecule has 0 fully saturated rings. The first kappa shape index (κ1) is 64.4. The van der Waals surface area contributed by atoms with Gasteiger partial charge in [0.1, 0.15) is 0 Å². The molecule has 0 atom stereocenters. The summed E-state index contributed by atoms with van der Waals surface area (Å²) in [6.07, 6.45) is 0. The van der Waals surface area contributed by atoms with Gasteiger partial charge in [-0.15, -0.1) is 0 Å². The van der Waals surface area contributed by atoms with E-state index in [0.717, 1.165) is 49.3 Å². The van der Waals surface area contributed by atoms with Crippen LogP contribution >= 0.6 is 0 Å². The lowest BCUT2D eigenvalue weighted by atomic mass is 9.83. The van der Waals surface area contributed by atoms with E-state index in [1.54, 1.807) is 11.5 Å². The summed E-state index contributed by atoms with van der Waals surface area (Å²) in [6, 6.07) is 95.3. The summed E-state index contributed by atoms with van der Waals surface area (Å²) in [5.74, 6) is 0. The van der Waals surface area contributed by atoms with Crippen molar-refractivity contribution in [3.8, 4) is 50.7 Å². The maximum Gasteiger partial charge on any atom is 0.0648 e. The van der Waals surface area contributed by atoms with E-state index in [1.165, 1.54) is 99.1 Å². The second-order valence-corrected chi connectivity index (χ2v) is 37.1. The normalized spacial score (nSPS) is 13.9. The average Bonchev–Trinajstić information content (AvgIpc) is 1.52. The minimum absolute atomic E-state index is 0.0141. The minimum Gasteiger partial charge on any atom is -0.309 e. The van der Waals surface area contributed by atoms with Crippen LogP contribution in [0.2, 0.25) is 0 Å². The molecule has 0 amide bonds. The Kier molecular flexibility index (Phi) is 16.5. The second kappa shape index (κ2) is 31.3. The summed E-state index contributed by atoms with van der Waals surface area (Å²) in [7, 11) is 0. The molecule has 0 saturated carbocycles. The Labute approximate surface area is 738 Å². The molecule has 5 heteroatoms. The Balaban J connectivity index is 0.000000124. The molecule has 21 rings (SSSR count). The van der Waals surface area contributed by atoms with Gasteiger partial charge < -0.3 is 22.8 Å². The Bertz CT molecular complexity index is 8140. The van der Waals surface area contributed by atoms with Gasteiger partial charge in [-0.1, -0.05) is 377 Å². The van der Waals surface area contributed by atoms with E-state index in [-0.39, 0.29) is 105 Å².